The highest BCUT2D eigenvalue weighted by Gasteiger charge is 2.30. The Morgan fingerprint density at radius 1 is 1.14 bits per heavy atom. The van der Waals surface area contributed by atoms with Crippen molar-refractivity contribution in [3.05, 3.63) is 53.9 Å². The Hall–Kier alpha value is -3.55. The van der Waals surface area contributed by atoms with E-state index in [2.05, 4.69) is 53.2 Å². The molecule has 35 heavy (non-hydrogen) atoms. The molecule has 1 saturated heterocycles. The lowest BCUT2D eigenvalue weighted by atomic mass is 9.95. The molecule has 1 aliphatic rings. The highest BCUT2D eigenvalue weighted by atomic mass is 16.5. The topological polar surface area (TPSA) is 80.9 Å². The van der Waals surface area contributed by atoms with Crippen molar-refractivity contribution in [1.82, 2.24) is 15.0 Å². The number of hydrogen-bond donors (Lipinski definition) is 0. The van der Waals surface area contributed by atoms with Gasteiger partial charge in [0.2, 0.25) is 17.6 Å². The largest absolute Gasteiger partial charge is 0.493 e. The number of benzene rings is 2. The molecule has 4 rings (SSSR count). The van der Waals surface area contributed by atoms with E-state index in [4.69, 9.17) is 14.0 Å². The Labute approximate surface area is 206 Å². The Bertz CT molecular complexity index is 1130. The molecule has 8 nitrogen and oxygen atoms in total. The van der Waals surface area contributed by atoms with Gasteiger partial charge in [0.1, 0.15) is 0 Å². The molecule has 0 unspecified atom stereocenters. The van der Waals surface area contributed by atoms with Gasteiger partial charge in [-0.1, -0.05) is 29.8 Å². The first-order valence-corrected chi connectivity index (χ1v) is 12.2. The standard InChI is InChI=1S/C27H34N4O4/c1-5-14-31(27(32)21-7-6-15-30(17-21)22-11-8-19(2)9-12-22)18-25-28-26(29-35-25)20-10-13-23(33-3)24(16-20)34-4/h8-13,16,21H,5-7,14-15,17-18H2,1-4H3/t21-/m1/s1. The van der Waals surface area contributed by atoms with E-state index >= 15 is 0 Å². The quantitative estimate of drug-likeness (QED) is 0.440. The molecule has 0 bridgehead atoms. The van der Waals surface area contributed by atoms with Crippen LogP contribution >= 0.6 is 0 Å². The third-order valence-corrected chi connectivity index (χ3v) is 6.41. The number of rotatable bonds is 9. The van der Waals surface area contributed by atoms with Crippen LogP contribution in [0.2, 0.25) is 0 Å². The van der Waals surface area contributed by atoms with Crippen molar-refractivity contribution < 1.29 is 18.8 Å². The average Bonchev–Trinajstić information content (AvgIpc) is 3.36. The van der Waals surface area contributed by atoms with Crippen molar-refractivity contribution >= 4 is 11.6 Å². The second-order valence-corrected chi connectivity index (χ2v) is 8.96. The smallest absolute Gasteiger partial charge is 0.246 e. The van der Waals surface area contributed by atoms with Gasteiger partial charge in [-0.3, -0.25) is 4.79 Å². The van der Waals surface area contributed by atoms with Crippen LogP contribution in [0.15, 0.2) is 47.0 Å². The van der Waals surface area contributed by atoms with Crippen LogP contribution in [-0.4, -0.2) is 54.8 Å². The molecule has 1 aliphatic heterocycles. The van der Waals surface area contributed by atoms with Crippen molar-refractivity contribution in [2.24, 2.45) is 5.92 Å². The van der Waals surface area contributed by atoms with Crippen molar-refractivity contribution in [2.75, 3.05) is 38.8 Å². The number of aryl methyl sites for hydroxylation is 1. The minimum atomic E-state index is -0.0511. The summed E-state index contributed by atoms with van der Waals surface area (Å²) in [6.45, 7) is 6.80. The van der Waals surface area contributed by atoms with E-state index in [1.165, 1.54) is 11.3 Å². The second-order valence-electron chi connectivity index (χ2n) is 8.96. The van der Waals surface area contributed by atoms with Gasteiger partial charge in [0.25, 0.3) is 0 Å². The fourth-order valence-corrected chi connectivity index (χ4v) is 4.54. The van der Waals surface area contributed by atoms with Crippen LogP contribution in [0.3, 0.4) is 0 Å². The highest BCUT2D eigenvalue weighted by molar-refractivity contribution is 5.79. The van der Waals surface area contributed by atoms with Crippen molar-refractivity contribution in [1.29, 1.82) is 0 Å². The van der Waals surface area contributed by atoms with Gasteiger partial charge < -0.3 is 23.8 Å². The summed E-state index contributed by atoms with van der Waals surface area (Å²) in [6.07, 6.45) is 2.74. The van der Waals surface area contributed by atoms with Crippen LogP contribution < -0.4 is 14.4 Å². The summed E-state index contributed by atoms with van der Waals surface area (Å²) in [6, 6.07) is 14.0. The number of nitrogens with zero attached hydrogens (tertiary/aromatic N) is 4. The molecule has 8 heteroatoms. The Balaban J connectivity index is 1.46. The molecule has 0 radical (unpaired) electrons. The molecule has 1 aromatic heterocycles. The van der Waals surface area contributed by atoms with Gasteiger partial charge in [-0.05, 0) is 56.5 Å². The van der Waals surface area contributed by atoms with E-state index in [0.717, 1.165) is 37.9 Å². The molecule has 1 amide bonds. The fraction of sp³-hybridized carbons (Fsp3) is 0.444. The number of piperidine rings is 1. The van der Waals surface area contributed by atoms with Crippen molar-refractivity contribution in [3.8, 4) is 22.9 Å². The van der Waals surface area contributed by atoms with Crippen molar-refractivity contribution in [2.45, 2.75) is 39.7 Å². The Kier molecular flexibility index (Phi) is 7.90. The van der Waals surface area contributed by atoms with Gasteiger partial charge in [0.15, 0.2) is 11.5 Å². The highest BCUT2D eigenvalue weighted by Crippen LogP contribution is 2.31. The van der Waals surface area contributed by atoms with Crippen LogP contribution in [0.25, 0.3) is 11.4 Å². The van der Waals surface area contributed by atoms with E-state index in [1.807, 2.05) is 17.0 Å². The first-order chi connectivity index (χ1) is 17.0. The van der Waals surface area contributed by atoms with Gasteiger partial charge in [-0.15, -0.1) is 0 Å². The van der Waals surface area contributed by atoms with Gasteiger partial charge in [0.05, 0.1) is 26.7 Å². The number of carbonyl (C=O) groups is 1. The normalized spacial score (nSPS) is 15.7. The summed E-state index contributed by atoms with van der Waals surface area (Å²) in [5.74, 6) is 2.19. The van der Waals surface area contributed by atoms with E-state index in [0.29, 0.717) is 36.3 Å². The van der Waals surface area contributed by atoms with Crippen LogP contribution in [0.1, 0.15) is 37.6 Å². The average molecular weight is 479 g/mol. The SMILES string of the molecule is CCCN(Cc1nc(-c2ccc(OC)c(OC)c2)no1)C(=O)[C@@H]1CCCN(c2ccc(C)cc2)C1. The predicted molar refractivity (Wildman–Crippen MR) is 135 cm³/mol. The summed E-state index contributed by atoms with van der Waals surface area (Å²) >= 11 is 0. The zero-order chi connectivity index (χ0) is 24.8. The number of hydrogen-bond acceptors (Lipinski definition) is 7. The summed E-state index contributed by atoms with van der Waals surface area (Å²) in [5.41, 5.74) is 3.16. The number of aromatic nitrogens is 2. The maximum atomic E-state index is 13.5. The van der Waals surface area contributed by atoms with Crippen LogP contribution in [0.5, 0.6) is 11.5 Å². The predicted octanol–water partition coefficient (Wildman–Crippen LogP) is 4.72. The summed E-state index contributed by atoms with van der Waals surface area (Å²) in [7, 11) is 3.18. The molecule has 0 N–H and O–H groups in total. The first kappa shape index (κ1) is 24.6. The minimum absolute atomic E-state index is 0.0511. The van der Waals surface area contributed by atoms with Gasteiger partial charge in [-0.25, -0.2) is 0 Å². The zero-order valence-corrected chi connectivity index (χ0v) is 21.0. The maximum Gasteiger partial charge on any atom is 0.246 e. The second kappa shape index (κ2) is 11.3. The van der Waals surface area contributed by atoms with Gasteiger partial charge in [0, 0.05) is 30.9 Å². The van der Waals surface area contributed by atoms with Crippen LogP contribution in [-0.2, 0) is 11.3 Å². The van der Waals surface area contributed by atoms with E-state index in [9.17, 15) is 4.79 Å². The van der Waals surface area contributed by atoms with Crippen LogP contribution in [0.4, 0.5) is 5.69 Å². The molecule has 0 saturated carbocycles. The van der Waals surface area contributed by atoms with Crippen molar-refractivity contribution in [3.63, 3.8) is 0 Å². The number of anilines is 1. The maximum absolute atomic E-state index is 13.5. The Morgan fingerprint density at radius 2 is 1.91 bits per heavy atom. The molecular weight excluding hydrogens is 444 g/mol. The number of amides is 1. The summed E-state index contributed by atoms with van der Waals surface area (Å²) < 4.78 is 16.2. The lowest BCUT2D eigenvalue weighted by Crippen LogP contribution is -2.45. The molecule has 2 heterocycles. The first-order valence-electron chi connectivity index (χ1n) is 12.2. The Morgan fingerprint density at radius 3 is 2.63 bits per heavy atom. The van der Waals surface area contributed by atoms with Gasteiger partial charge >= 0.3 is 0 Å². The zero-order valence-electron chi connectivity index (χ0n) is 21.0. The molecule has 186 valence electrons. The molecule has 1 fully saturated rings. The summed E-state index contributed by atoms with van der Waals surface area (Å²) in [5, 5.41) is 4.13. The lowest BCUT2D eigenvalue weighted by molar-refractivity contribution is -0.136. The lowest BCUT2D eigenvalue weighted by Gasteiger charge is -2.36. The van der Waals surface area contributed by atoms with Gasteiger partial charge in [-0.2, -0.15) is 4.98 Å². The molecule has 2 aromatic carbocycles. The number of methoxy groups -OCH3 is 2. The van der Waals surface area contributed by atoms with E-state index < -0.39 is 0 Å². The monoisotopic (exact) mass is 478 g/mol. The molecule has 3 aromatic rings. The fourth-order valence-electron chi connectivity index (χ4n) is 4.54. The molecule has 0 aliphatic carbocycles. The number of carbonyl (C=O) groups excluding carboxylic acids is 1. The van der Waals surface area contributed by atoms with E-state index in [1.54, 1.807) is 20.3 Å². The molecule has 0 spiro atoms. The number of ether oxygens (including phenoxy) is 2. The minimum Gasteiger partial charge on any atom is -0.493 e. The van der Waals surface area contributed by atoms with Crippen LogP contribution in [0, 0.1) is 12.8 Å². The van der Waals surface area contributed by atoms with E-state index in [-0.39, 0.29) is 11.8 Å². The third kappa shape index (κ3) is 5.75. The molecular formula is C27H34N4O4. The summed E-state index contributed by atoms with van der Waals surface area (Å²) in [4.78, 5) is 22.3. The third-order valence-electron chi connectivity index (χ3n) is 6.41. The molecule has 1 atom stereocenters.